The van der Waals surface area contributed by atoms with Crippen LogP contribution in [0.25, 0.3) is 0 Å². The molecule has 0 aliphatic rings. The predicted octanol–water partition coefficient (Wildman–Crippen LogP) is 3.31. The molecule has 5 nitrogen and oxygen atoms in total. The molecule has 1 heterocycles. The molecule has 114 valence electrons. The van der Waals surface area contributed by atoms with E-state index in [0.29, 0.717) is 12.3 Å². The van der Waals surface area contributed by atoms with Gasteiger partial charge >= 0.3 is 0 Å². The molecule has 0 radical (unpaired) electrons. The van der Waals surface area contributed by atoms with Gasteiger partial charge in [-0.05, 0) is 29.8 Å². The Balaban J connectivity index is 1.58. The van der Waals surface area contributed by atoms with E-state index in [2.05, 4.69) is 15.3 Å². The van der Waals surface area contributed by atoms with Crippen LogP contribution in [0.4, 0.5) is 5.69 Å². The highest BCUT2D eigenvalue weighted by Crippen LogP contribution is 2.17. The van der Waals surface area contributed by atoms with Crippen LogP contribution >= 0.6 is 0 Å². The average Bonchev–Trinajstić information content (AvgIpc) is 2.63. The molecule has 0 aliphatic carbocycles. The number of carbonyl (C=O) groups is 1. The van der Waals surface area contributed by atoms with E-state index in [1.807, 2.05) is 42.5 Å². The van der Waals surface area contributed by atoms with Gasteiger partial charge in [-0.15, -0.1) is 0 Å². The number of nitrogens with zero attached hydrogens (tertiary/aromatic N) is 2. The maximum atomic E-state index is 12.0. The highest BCUT2D eigenvalue weighted by molar-refractivity contribution is 6.02. The molecule has 0 saturated heterocycles. The van der Waals surface area contributed by atoms with E-state index in [-0.39, 0.29) is 11.6 Å². The third-order valence-electron chi connectivity index (χ3n) is 3.16. The molecular weight excluding hydrogens is 290 g/mol. The Hall–Kier alpha value is -3.21. The highest BCUT2D eigenvalue weighted by atomic mass is 16.5. The van der Waals surface area contributed by atoms with Crippen LogP contribution in [0, 0.1) is 0 Å². The summed E-state index contributed by atoms with van der Waals surface area (Å²) in [5.41, 5.74) is 2.05. The lowest BCUT2D eigenvalue weighted by atomic mass is 10.2. The molecule has 1 aromatic heterocycles. The number of hydrogen-bond donors (Lipinski definition) is 1. The van der Waals surface area contributed by atoms with Gasteiger partial charge in [0.15, 0.2) is 0 Å². The maximum Gasteiger partial charge on any atom is 0.275 e. The van der Waals surface area contributed by atoms with Crippen molar-refractivity contribution in [2.24, 2.45) is 0 Å². The van der Waals surface area contributed by atoms with Crippen LogP contribution in [0.3, 0.4) is 0 Å². The summed E-state index contributed by atoms with van der Waals surface area (Å²) in [6, 6.07) is 17.1. The van der Waals surface area contributed by atoms with Gasteiger partial charge in [0.25, 0.3) is 5.91 Å². The maximum absolute atomic E-state index is 12.0. The van der Waals surface area contributed by atoms with E-state index < -0.39 is 0 Å². The van der Waals surface area contributed by atoms with Gasteiger partial charge in [0.1, 0.15) is 18.1 Å². The van der Waals surface area contributed by atoms with Crippen molar-refractivity contribution in [2.45, 2.75) is 6.61 Å². The minimum absolute atomic E-state index is 0.275. The third-order valence-corrected chi connectivity index (χ3v) is 3.16. The number of rotatable bonds is 5. The molecule has 0 spiro atoms. The zero-order valence-electron chi connectivity index (χ0n) is 12.3. The van der Waals surface area contributed by atoms with Crippen LogP contribution in [-0.2, 0) is 6.61 Å². The number of anilines is 1. The van der Waals surface area contributed by atoms with Crippen molar-refractivity contribution >= 4 is 11.6 Å². The van der Waals surface area contributed by atoms with Crippen LogP contribution in [0.5, 0.6) is 5.75 Å². The zero-order chi connectivity index (χ0) is 15.9. The molecule has 0 bridgehead atoms. The van der Waals surface area contributed by atoms with Gasteiger partial charge in [-0.3, -0.25) is 9.78 Å². The molecule has 1 amide bonds. The molecule has 0 saturated carbocycles. The van der Waals surface area contributed by atoms with E-state index in [0.717, 1.165) is 11.3 Å². The standard InChI is InChI=1S/C18H15N3O2/c22-18(17-12-19-10-11-20-17)21-15-6-8-16(9-7-15)23-13-14-4-2-1-3-5-14/h1-12H,13H2,(H,21,22). The number of hydrogen-bond acceptors (Lipinski definition) is 4. The zero-order valence-corrected chi connectivity index (χ0v) is 12.3. The van der Waals surface area contributed by atoms with Crippen molar-refractivity contribution < 1.29 is 9.53 Å². The number of nitrogens with one attached hydrogen (secondary N) is 1. The molecule has 3 rings (SSSR count). The quantitative estimate of drug-likeness (QED) is 0.785. The molecule has 5 heteroatoms. The Bertz CT molecular complexity index is 759. The Labute approximate surface area is 134 Å². The van der Waals surface area contributed by atoms with E-state index >= 15 is 0 Å². The van der Waals surface area contributed by atoms with Gasteiger partial charge in [0.05, 0.1) is 6.20 Å². The normalized spacial score (nSPS) is 10.1. The smallest absolute Gasteiger partial charge is 0.275 e. The molecular formula is C18H15N3O2. The fourth-order valence-corrected chi connectivity index (χ4v) is 1.99. The number of ether oxygens (including phenoxy) is 1. The fraction of sp³-hybridized carbons (Fsp3) is 0.0556. The van der Waals surface area contributed by atoms with E-state index in [1.165, 1.54) is 18.6 Å². The molecule has 0 aliphatic heterocycles. The van der Waals surface area contributed by atoms with Crippen molar-refractivity contribution in [1.29, 1.82) is 0 Å². The van der Waals surface area contributed by atoms with Crippen molar-refractivity contribution in [3.05, 3.63) is 84.4 Å². The van der Waals surface area contributed by atoms with Gasteiger partial charge in [-0.1, -0.05) is 30.3 Å². The molecule has 23 heavy (non-hydrogen) atoms. The Morgan fingerprint density at radius 2 is 1.78 bits per heavy atom. The average molecular weight is 305 g/mol. The monoisotopic (exact) mass is 305 g/mol. The lowest BCUT2D eigenvalue weighted by Gasteiger charge is -2.08. The lowest BCUT2D eigenvalue weighted by Crippen LogP contribution is -2.13. The second-order valence-electron chi connectivity index (χ2n) is 4.84. The van der Waals surface area contributed by atoms with Crippen LogP contribution in [0.15, 0.2) is 73.2 Å². The summed E-state index contributed by atoms with van der Waals surface area (Å²) in [5, 5.41) is 2.76. The first kappa shape index (κ1) is 14.7. The summed E-state index contributed by atoms with van der Waals surface area (Å²) in [4.78, 5) is 19.8. The first-order chi connectivity index (χ1) is 11.3. The van der Waals surface area contributed by atoms with Crippen molar-refractivity contribution in [3.8, 4) is 5.75 Å². The van der Waals surface area contributed by atoms with E-state index in [9.17, 15) is 4.79 Å². The third kappa shape index (κ3) is 4.14. The topological polar surface area (TPSA) is 64.1 Å². The minimum atomic E-state index is -0.295. The van der Waals surface area contributed by atoms with Gasteiger partial charge < -0.3 is 10.1 Å². The Kier molecular flexibility index (Phi) is 4.59. The van der Waals surface area contributed by atoms with Crippen molar-refractivity contribution in [1.82, 2.24) is 9.97 Å². The number of carbonyl (C=O) groups excluding carboxylic acids is 1. The summed E-state index contributed by atoms with van der Waals surface area (Å²) >= 11 is 0. The Morgan fingerprint density at radius 3 is 2.48 bits per heavy atom. The van der Waals surface area contributed by atoms with Crippen molar-refractivity contribution in [2.75, 3.05) is 5.32 Å². The number of aromatic nitrogens is 2. The molecule has 2 aromatic carbocycles. The van der Waals surface area contributed by atoms with Gasteiger partial charge in [0.2, 0.25) is 0 Å². The highest BCUT2D eigenvalue weighted by Gasteiger charge is 2.07. The second-order valence-corrected chi connectivity index (χ2v) is 4.84. The predicted molar refractivity (Wildman–Crippen MR) is 87.2 cm³/mol. The molecule has 0 atom stereocenters. The Morgan fingerprint density at radius 1 is 1.00 bits per heavy atom. The fourth-order valence-electron chi connectivity index (χ4n) is 1.99. The van der Waals surface area contributed by atoms with Crippen LogP contribution in [0.1, 0.15) is 16.1 Å². The van der Waals surface area contributed by atoms with Gasteiger partial charge in [0, 0.05) is 18.1 Å². The first-order valence-corrected chi connectivity index (χ1v) is 7.15. The van der Waals surface area contributed by atoms with Crippen LogP contribution < -0.4 is 10.1 Å². The molecule has 1 N–H and O–H groups in total. The van der Waals surface area contributed by atoms with Crippen LogP contribution in [0.2, 0.25) is 0 Å². The SMILES string of the molecule is O=C(Nc1ccc(OCc2ccccc2)cc1)c1cnccn1. The van der Waals surface area contributed by atoms with Gasteiger partial charge in [-0.2, -0.15) is 0 Å². The summed E-state index contributed by atoms with van der Waals surface area (Å²) in [6.45, 7) is 0.506. The summed E-state index contributed by atoms with van der Waals surface area (Å²) in [7, 11) is 0. The van der Waals surface area contributed by atoms with E-state index in [1.54, 1.807) is 12.1 Å². The minimum Gasteiger partial charge on any atom is -0.489 e. The lowest BCUT2D eigenvalue weighted by molar-refractivity contribution is 0.102. The number of amides is 1. The first-order valence-electron chi connectivity index (χ1n) is 7.15. The van der Waals surface area contributed by atoms with Crippen molar-refractivity contribution in [3.63, 3.8) is 0 Å². The molecule has 3 aromatic rings. The van der Waals surface area contributed by atoms with Gasteiger partial charge in [-0.25, -0.2) is 4.98 Å². The molecule has 0 unspecified atom stereocenters. The molecule has 0 fully saturated rings. The summed E-state index contributed by atoms with van der Waals surface area (Å²) in [6.07, 6.45) is 4.43. The van der Waals surface area contributed by atoms with E-state index in [4.69, 9.17) is 4.74 Å². The largest absolute Gasteiger partial charge is 0.489 e. The number of benzene rings is 2. The second kappa shape index (κ2) is 7.17. The van der Waals surface area contributed by atoms with Crippen LogP contribution in [-0.4, -0.2) is 15.9 Å². The summed E-state index contributed by atoms with van der Waals surface area (Å²) < 4.78 is 5.70. The summed E-state index contributed by atoms with van der Waals surface area (Å²) in [5.74, 6) is 0.447.